The summed E-state index contributed by atoms with van der Waals surface area (Å²) in [6.45, 7) is 8.14. The summed E-state index contributed by atoms with van der Waals surface area (Å²) in [6, 6.07) is 0. The predicted octanol–water partition coefficient (Wildman–Crippen LogP) is 4.66. The molecule has 0 amide bonds. The first-order valence-electron chi connectivity index (χ1n) is 8.08. The lowest BCUT2D eigenvalue weighted by atomic mass is 9.97. The summed E-state index contributed by atoms with van der Waals surface area (Å²) in [4.78, 5) is 0. The molecule has 2 N–H and O–H groups in total. The second-order valence-corrected chi connectivity index (χ2v) is 5.42. The smallest absolute Gasteiger partial charge is 0.0798 e. The molecule has 0 heterocycles. The highest BCUT2D eigenvalue weighted by Gasteiger charge is 2.24. The van der Waals surface area contributed by atoms with E-state index in [1.165, 1.54) is 51.4 Å². The summed E-state index contributed by atoms with van der Waals surface area (Å²) in [6.07, 6.45) is 12.9. The third-order valence-electron chi connectivity index (χ3n) is 4.07. The average molecular weight is 257 g/mol. The molecule has 18 heavy (non-hydrogen) atoms. The number of hydrogen-bond donors (Lipinski definition) is 1. The summed E-state index contributed by atoms with van der Waals surface area (Å²) in [5.41, 5.74) is 5.76. The van der Waals surface area contributed by atoms with Crippen molar-refractivity contribution in [3.8, 4) is 0 Å². The Bertz CT molecular complexity index is 158. The SMILES string of the molecule is CCCCCCCCCCOC(CC)(CC)CN. The Morgan fingerprint density at radius 1 is 0.778 bits per heavy atom. The van der Waals surface area contributed by atoms with Gasteiger partial charge in [-0.2, -0.15) is 0 Å². The normalized spacial score (nSPS) is 12.0. The molecular formula is C16H35NO. The fourth-order valence-electron chi connectivity index (χ4n) is 2.33. The lowest BCUT2D eigenvalue weighted by Crippen LogP contribution is -2.39. The van der Waals surface area contributed by atoms with Crippen molar-refractivity contribution >= 4 is 0 Å². The topological polar surface area (TPSA) is 35.2 Å². The van der Waals surface area contributed by atoms with Crippen LogP contribution in [0.25, 0.3) is 0 Å². The van der Waals surface area contributed by atoms with Crippen molar-refractivity contribution in [2.75, 3.05) is 13.2 Å². The van der Waals surface area contributed by atoms with Gasteiger partial charge in [0.2, 0.25) is 0 Å². The van der Waals surface area contributed by atoms with Gasteiger partial charge in [0.15, 0.2) is 0 Å². The number of unbranched alkanes of at least 4 members (excludes halogenated alkanes) is 7. The van der Waals surface area contributed by atoms with E-state index in [0.717, 1.165) is 19.4 Å². The summed E-state index contributed by atoms with van der Waals surface area (Å²) in [7, 11) is 0. The van der Waals surface area contributed by atoms with Crippen LogP contribution >= 0.6 is 0 Å². The van der Waals surface area contributed by atoms with Crippen LogP contribution < -0.4 is 5.73 Å². The van der Waals surface area contributed by atoms with Gasteiger partial charge in [-0.25, -0.2) is 0 Å². The highest BCUT2D eigenvalue weighted by molar-refractivity contribution is 4.78. The Morgan fingerprint density at radius 2 is 1.28 bits per heavy atom. The van der Waals surface area contributed by atoms with Crippen molar-refractivity contribution in [3.05, 3.63) is 0 Å². The lowest BCUT2D eigenvalue weighted by Gasteiger charge is -2.30. The van der Waals surface area contributed by atoms with Crippen molar-refractivity contribution in [1.82, 2.24) is 0 Å². The van der Waals surface area contributed by atoms with Crippen LogP contribution in [0.2, 0.25) is 0 Å². The Hall–Kier alpha value is -0.0800. The minimum Gasteiger partial charge on any atom is -0.374 e. The van der Waals surface area contributed by atoms with Crippen LogP contribution in [0.5, 0.6) is 0 Å². The van der Waals surface area contributed by atoms with Crippen LogP contribution in [0.4, 0.5) is 0 Å². The molecule has 0 spiro atoms. The molecule has 0 aliphatic rings. The van der Waals surface area contributed by atoms with Crippen LogP contribution in [0.15, 0.2) is 0 Å². The maximum absolute atomic E-state index is 6.00. The zero-order chi connectivity index (χ0) is 13.7. The first-order chi connectivity index (χ1) is 8.74. The van der Waals surface area contributed by atoms with Gasteiger partial charge in [-0.1, -0.05) is 65.7 Å². The summed E-state index contributed by atoms with van der Waals surface area (Å²) in [5, 5.41) is 0. The van der Waals surface area contributed by atoms with E-state index in [-0.39, 0.29) is 5.60 Å². The van der Waals surface area contributed by atoms with Crippen molar-refractivity contribution < 1.29 is 4.74 Å². The third-order valence-corrected chi connectivity index (χ3v) is 4.07. The first kappa shape index (κ1) is 17.9. The summed E-state index contributed by atoms with van der Waals surface area (Å²) in [5.74, 6) is 0. The third kappa shape index (κ3) is 8.10. The standard InChI is InChI=1S/C16H35NO/c1-4-7-8-9-10-11-12-13-14-18-16(5-2,6-3)15-17/h4-15,17H2,1-3H3. The van der Waals surface area contributed by atoms with Gasteiger partial charge in [0, 0.05) is 13.2 Å². The largest absolute Gasteiger partial charge is 0.374 e. The fraction of sp³-hybridized carbons (Fsp3) is 1.00. The van der Waals surface area contributed by atoms with Crippen LogP contribution in [-0.4, -0.2) is 18.8 Å². The van der Waals surface area contributed by atoms with E-state index in [1.807, 2.05) is 0 Å². The zero-order valence-electron chi connectivity index (χ0n) is 13.0. The molecular weight excluding hydrogens is 222 g/mol. The first-order valence-corrected chi connectivity index (χ1v) is 8.08. The predicted molar refractivity (Wildman–Crippen MR) is 80.9 cm³/mol. The van der Waals surface area contributed by atoms with E-state index in [9.17, 15) is 0 Å². The van der Waals surface area contributed by atoms with E-state index in [2.05, 4.69) is 20.8 Å². The van der Waals surface area contributed by atoms with Crippen LogP contribution in [-0.2, 0) is 4.74 Å². The molecule has 0 unspecified atom stereocenters. The number of hydrogen-bond acceptors (Lipinski definition) is 2. The van der Waals surface area contributed by atoms with E-state index in [1.54, 1.807) is 0 Å². The maximum Gasteiger partial charge on any atom is 0.0798 e. The van der Waals surface area contributed by atoms with Gasteiger partial charge in [-0.05, 0) is 19.3 Å². The number of nitrogens with two attached hydrogens (primary N) is 1. The van der Waals surface area contributed by atoms with Crippen LogP contribution in [0, 0.1) is 0 Å². The highest BCUT2D eigenvalue weighted by Crippen LogP contribution is 2.19. The van der Waals surface area contributed by atoms with Gasteiger partial charge in [0.25, 0.3) is 0 Å². The molecule has 0 bridgehead atoms. The molecule has 0 aromatic rings. The number of ether oxygens (including phenoxy) is 1. The van der Waals surface area contributed by atoms with E-state index in [4.69, 9.17) is 10.5 Å². The van der Waals surface area contributed by atoms with Crippen LogP contribution in [0.1, 0.15) is 85.0 Å². The van der Waals surface area contributed by atoms with E-state index >= 15 is 0 Å². The Balaban J connectivity index is 3.38. The minimum absolute atomic E-state index is 0.0544. The highest BCUT2D eigenvalue weighted by atomic mass is 16.5. The van der Waals surface area contributed by atoms with Crippen LogP contribution in [0.3, 0.4) is 0 Å². The van der Waals surface area contributed by atoms with Gasteiger partial charge >= 0.3 is 0 Å². The van der Waals surface area contributed by atoms with Crippen molar-refractivity contribution in [1.29, 1.82) is 0 Å². The van der Waals surface area contributed by atoms with Gasteiger partial charge in [-0.15, -0.1) is 0 Å². The monoisotopic (exact) mass is 257 g/mol. The zero-order valence-corrected chi connectivity index (χ0v) is 13.0. The Morgan fingerprint density at radius 3 is 1.72 bits per heavy atom. The quantitative estimate of drug-likeness (QED) is 0.487. The molecule has 2 nitrogen and oxygen atoms in total. The molecule has 0 aromatic carbocycles. The molecule has 0 aliphatic heterocycles. The molecule has 0 radical (unpaired) electrons. The van der Waals surface area contributed by atoms with Crippen molar-refractivity contribution in [3.63, 3.8) is 0 Å². The fourth-order valence-corrected chi connectivity index (χ4v) is 2.33. The molecule has 0 aliphatic carbocycles. The number of rotatable bonds is 13. The van der Waals surface area contributed by atoms with Gasteiger partial charge in [-0.3, -0.25) is 0 Å². The molecule has 0 saturated heterocycles. The van der Waals surface area contributed by atoms with Crippen molar-refractivity contribution in [2.45, 2.75) is 90.6 Å². The molecule has 0 rings (SSSR count). The maximum atomic E-state index is 6.00. The second kappa shape index (κ2) is 12.0. The summed E-state index contributed by atoms with van der Waals surface area (Å²) < 4.78 is 6.00. The van der Waals surface area contributed by atoms with Gasteiger partial charge in [0.1, 0.15) is 0 Å². The summed E-state index contributed by atoms with van der Waals surface area (Å²) >= 11 is 0. The Labute approximate surface area is 115 Å². The molecule has 110 valence electrons. The lowest BCUT2D eigenvalue weighted by molar-refractivity contribution is -0.0458. The second-order valence-electron chi connectivity index (χ2n) is 5.42. The van der Waals surface area contributed by atoms with E-state index < -0.39 is 0 Å². The molecule has 0 saturated carbocycles. The van der Waals surface area contributed by atoms with E-state index in [0.29, 0.717) is 6.54 Å². The van der Waals surface area contributed by atoms with Gasteiger partial charge < -0.3 is 10.5 Å². The average Bonchev–Trinajstić information content (AvgIpc) is 2.42. The van der Waals surface area contributed by atoms with Crippen molar-refractivity contribution in [2.24, 2.45) is 5.73 Å². The molecule has 0 atom stereocenters. The van der Waals surface area contributed by atoms with Gasteiger partial charge in [0.05, 0.1) is 5.60 Å². The molecule has 2 heteroatoms. The minimum atomic E-state index is -0.0544. The molecule has 0 fully saturated rings. The molecule has 0 aromatic heterocycles. The Kier molecular flexibility index (Phi) is 11.9.